The second kappa shape index (κ2) is 4.22. The molecule has 1 spiro atoms. The maximum Gasteiger partial charge on any atom is -0.00153 e. The van der Waals surface area contributed by atoms with Gasteiger partial charge in [-0.1, -0.05) is 33.1 Å². The smallest absolute Gasteiger partial charge is 0.00153 e. The van der Waals surface area contributed by atoms with E-state index >= 15 is 0 Å². The van der Waals surface area contributed by atoms with Crippen molar-refractivity contribution in [2.45, 2.75) is 52.4 Å². The van der Waals surface area contributed by atoms with Crippen molar-refractivity contribution in [2.24, 2.45) is 17.3 Å². The van der Waals surface area contributed by atoms with Crippen molar-refractivity contribution >= 4 is 0 Å². The minimum absolute atomic E-state index is 0.734. The Labute approximate surface area is 88.7 Å². The van der Waals surface area contributed by atoms with Gasteiger partial charge in [0.15, 0.2) is 0 Å². The fourth-order valence-electron chi connectivity index (χ4n) is 3.91. The SMILES string of the molecule is CCC1CNCCC12CCCC(C)C2. The molecular formula is C13H25N. The van der Waals surface area contributed by atoms with Crippen molar-refractivity contribution in [1.82, 2.24) is 5.32 Å². The van der Waals surface area contributed by atoms with Crippen LogP contribution in [0.15, 0.2) is 0 Å². The molecule has 3 atom stereocenters. The Balaban J connectivity index is 2.09. The van der Waals surface area contributed by atoms with E-state index in [9.17, 15) is 0 Å². The van der Waals surface area contributed by atoms with Crippen molar-refractivity contribution < 1.29 is 0 Å². The number of rotatable bonds is 1. The van der Waals surface area contributed by atoms with Crippen LogP contribution in [-0.4, -0.2) is 13.1 Å². The van der Waals surface area contributed by atoms with E-state index in [1.54, 1.807) is 0 Å². The van der Waals surface area contributed by atoms with Crippen LogP contribution in [0.2, 0.25) is 0 Å². The molecule has 1 aliphatic carbocycles. The monoisotopic (exact) mass is 195 g/mol. The van der Waals surface area contributed by atoms with E-state index in [2.05, 4.69) is 19.2 Å². The van der Waals surface area contributed by atoms with Gasteiger partial charge in [-0.25, -0.2) is 0 Å². The van der Waals surface area contributed by atoms with E-state index in [0.29, 0.717) is 0 Å². The van der Waals surface area contributed by atoms with Crippen LogP contribution in [0.4, 0.5) is 0 Å². The minimum atomic E-state index is 0.734. The summed E-state index contributed by atoms with van der Waals surface area (Å²) in [7, 11) is 0. The summed E-state index contributed by atoms with van der Waals surface area (Å²) in [5.74, 6) is 1.94. The van der Waals surface area contributed by atoms with Gasteiger partial charge in [0.1, 0.15) is 0 Å². The predicted molar refractivity (Wildman–Crippen MR) is 61.3 cm³/mol. The molecule has 0 aromatic heterocycles. The first-order valence-electron chi connectivity index (χ1n) is 6.47. The van der Waals surface area contributed by atoms with Gasteiger partial charge < -0.3 is 5.32 Å². The molecule has 14 heavy (non-hydrogen) atoms. The highest BCUT2D eigenvalue weighted by Gasteiger charge is 2.41. The molecule has 0 amide bonds. The van der Waals surface area contributed by atoms with Gasteiger partial charge in [-0.2, -0.15) is 0 Å². The Hall–Kier alpha value is -0.0400. The molecule has 3 unspecified atom stereocenters. The number of nitrogens with one attached hydrogen (secondary N) is 1. The van der Waals surface area contributed by atoms with Crippen molar-refractivity contribution in [3.8, 4) is 0 Å². The first-order valence-corrected chi connectivity index (χ1v) is 6.47. The number of hydrogen-bond donors (Lipinski definition) is 1. The summed E-state index contributed by atoms with van der Waals surface area (Å²) in [6.07, 6.45) is 8.80. The maximum absolute atomic E-state index is 3.57. The quantitative estimate of drug-likeness (QED) is 0.677. The normalized spacial score (nSPS) is 44.1. The van der Waals surface area contributed by atoms with Crippen molar-refractivity contribution in [2.75, 3.05) is 13.1 Å². The molecule has 0 aromatic rings. The fourth-order valence-corrected chi connectivity index (χ4v) is 3.91. The van der Waals surface area contributed by atoms with E-state index in [0.717, 1.165) is 17.3 Å². The van der Waals surface area contributed by atoms with Gasteiger partial charge in [-0.05, 0) is 49.6 Å². The highest BCUT2D eigenvalue weighted by atomic mass is 14.9. The average Bonchev–Trinajstić information content (AvgIpc) is 2.18. The summed E-state index contributed by atoms with van der Waals surface area (Å²) in [4.78, 5) is 0. The van der Waals surface area contributed by atoms with E-state index in [1.165, 1.54) is 51.6 Å². The Bertz CT molecular complexity index is 186. The van der Waals surface area contributed by atoms with Crippen LogP contribution < -0.4 is 5.32 Å². The molecule has 0 radical (unpaired) electrons. The van der Waals surface area contributed by atoms with Crippen molar-refractivity contribution in [3.63, 3.8) is 0 Å². The number of piperidine rings is 1. The van der Waals surface area contributed by atoms with Crippen LogP contribution >= 0.6 is 0 Å². The molecule has 2 aliphatic rings. The Morgan fingerprint density at radius 1 is 1.36 bits per heavy atom. The molecule has 1 heteroatoms. The summed E-state index contributed by atoms with van der Waals surface area (Å²) in [5, 5.41) is 3.57. The molecule has 1 heterocycles. The second-order valence-electron chi connectivity index (χ2n) is 5.62. The zero-order valence-corrected chi connectivity index (χ0v) is 9.81. The maximum atomic E-state index is 3.57. The summed E-state index contributed by atoms with van der Waals surface area (Å²) in [6.45, 7) is 7.38. The van der Waals surface area contributed by atoms with Crippen LogP contribution in [0.25, 0.3) is 0 Å². The summed E-state index contributed by atoms with van der Waals surface area (Å²) < 4.78 is 0. The van der Waals surface area contributed by atoms with Crippen molar-refractivity contribution in [1.29, 1.82) is 0 Å². The first-order chi connectivity index (χ1) is 6.77. The van der Waals surface area contributed by atoms with E-state index in [4.69, 9.17) is 0 Å². The van der Waals surface area contributed by atoms with Gasteiger partial charge in [0, 0.05) is 0 Å². The summed E-state index contributed by atoms with van der Waals surface area (Å²) >= 11 is 0. The standard InChI is InChI=1S/C13H25N/c1-3-12-10-14-8-7-13(12)6-4-5-11(2)9-13/h11-12,14H,3-10H2,1-2H3. The highest BCUT2D eigenvalue weighted by Crippen LogP contribution is 2.49. The molecule has 1 saturated heterocycles. The summed E-state index contributed by atoms with van der Waals surface area (Å²) in [6, 6.07) is 0. The molecule has 82 valence electrons. The van der Waals surface area contributed by atoms with Gasteiger partial charge >= 0.3 is 0 Å². The van der Waals surface area contributed by atoms with Gasteiger partial charge in [-0.15, -0.1) is 0 Å². The third-order valence-electron chi connectivity index (χ3n) is 4.68. The molecule has 1 nitrogen and oxygen atoms in total. The van der Waals surface area contributed by atoms with Crippen LogP contribution in [0.3, 0.4) is 0 Å². The fraction of sp³-hybridized carbons (Fsp3) is 1.00. The predicted octanol–water partition coefficient (Wildman–Crippen LogP) is 3.20. The molecule has 0 bridgehead atoms. The largest absolute Gasteiger partial charge is 0.316 e. The Morgan fingerprint density at radius 3 is 2.93 bits per heavy atom. The van der Waals surface area contributed by atoms with Crippen LogP contribution in [0.1, 0.15) is 52.4 Å². The highest BCUT2D eigenvalue weighted by molar-refractivity contribution is 4.94. The van der Waals surface area contributed by atoms with Gasteiger partial charge in [0.25, 0.3) is 0 Å². The zero-order valence-electron chi connectivity index (χ0n) is 9.81. The lowest BCUT2D eigenvalue weighted by Crippen LogP contribution is -2.47. The lowest BCUT2D eigenvalue weighted by Gasteiger charge is -2.49. The molecule has 1 N–H and O–H groups in total. The Morgan fingerprint density at radius 2 is 2.21 bits per heavy atom. The van der Waals surface area contributed by atoms with Gasteiger partial charge in [0.2, 0.25) is 0 Å². The van der Waals surface area contributed by atoms with Gasteiger partial charge in [0.05, 0.1) is 0 Å². The van der Waals surface area contributed by atoms with Crippen LogP contribution in [-0.2, 0) is 0 Å². The van der Waals surface area contributed by atoms with E-state index in [-0.39, 0.29) is 0 Å². The van der Waals surface area contributed by atoms with E-state index < -0.39 is 0 Å². The van der Waals surface area contributed by atoms with E-state index in [1.807, 2.05) is 0 Å². The minimum Gasteiger partial charge on any atom is -0.316 e. The average molecular weight is 195 g/mol. The third kappa shape index (κ3) is 1.84. The third-order valence-corrected chi connectivity index (χ3v) is 4.68. The zero-order chi connectivity index (χ0) is 10.0. The van der Waals surface area contributed by atoms with Gasteiger partial charge in [-0.3, -0.25) is 0 Å². The van der Waals surface area contributed by atoms with Crippen molar-refractivity contribution in [3.05, 3.63) is 0 Å². The first kappa shape index (κ1) is 10.5. The topological polar surface area (TPSA) is 12.0 Å². The lowest BCUT2D eigenvalue weighted by molar-refractivity contribution is 0.0348. The molecule has 1 saturated carbocycles. The molecule has 0 aromatic carbocycles. The second-order valence-corrected chi connectivity index (χ2v) is 5.62. The molecule has 1 aliphatic heterocycles. The number of hydrogen-bond acceptors (Lipinski definition) is 1. The van der Waals surface area contributed by atoms with Crippen LogP contribution in [0, 0.1) is 17.3 Å². The summed E-state index contributed by atoms with van der Waals surface area (Å²) in [5.41, 5.74) is 0.734. The van der Waals surface area contributed by atoms with Crippen LogP contribution in [0.5, 0.6) is 0 Å². The molecule has 2 fully saturated rings. The lowest BCUT2D eigenvalue weighted by atomic mass is 9.59. The molecular weight excluding hydrogens is 170 g/mol. The Kier molecular flexibility index (Phi) is 3.16. The molecule has 2 rings (SSSR count).